The summed E-state index contributed by atoms with van der Waals surface area (Å²) in [4.78, 5) is 13.7. The van der Waals surface area contributed by atoms with Gasteiger partial charge < -0.3 is 28.4 Å². The highest BCUT2D eigenvalue weighted by atomic mass is 16.6. The van der Waals surface area contributed by atoms with Gasteiger partial charge in [0.1, 0.15) is 31.0 Å². The Morgan fingerprint density at radius 2 is 0.902 bits per heavy atom. The van der Waals surface area contributed by atoms with Crippen LogP contribution in [0, 0.1) is 0 Å². The van der Waals surface area contributed by atoms with Crippen molar-refractivity contribution in [2.24, 2.45) is 0 Å². The number of carbonyl (C=O) groups excluding carboxylic acids is 1. The van der Waals surface area contributed by atoms with Gasteiger partial charge in [0.05, 0.1) is 45.2 Å². The molecule has 0 saturated carbocycles. The molecular formula is C44H44O7. The van der Waals surface area contributed by atoms with E-state index < -0.39 is 30.4 Å². The molecule has 51 heavy (non-hydrogen) atoms. The third kappa shape index (κ3) is 11.0. The van der Waals surface area contributed by atoms with E-state index in [0.717, 1.165) is 27.8 Å². The quantitative estimate of drug-likeness (QED) is 0.123. The van der Waals surface area contributed by atoms with Crippen LogP contribution in [-0.4, -0.2) is 50.2 Å². The minimum atomic E-state index is -0.747. The van der Waals surface area contributed by atoms with Crippen LogP contribution >= 0.6 is 0 Å². The highest BCUT2D eigenvalue weighted by Crippen LogP contribution is 2.25. The van der Waals surface area contributed by atoms with E-state index in [1.165, 1.54) is 0 Å². The molecule has 1 aliphatic heterocycles. The second-order valence-electron chi connectivity index (χ2n) is 12.3. The van der Waals surface area contributed by atoms with Gasteiger partial charge in [-0.15, -0.1) is 0 Å². The van der Waals surface area contributed by atoms with Gasteiger partial charge in [0.15, 0.2) is 0 Å². The molecule has 0 aromatic heterocycles. The summed E-state index contributed by atoms with van der Waals surface area (Å²) in [7, 11) is 0. The normalized spacial score (nSPS) is 20.4. The lowest BCUT2D eigenvalue weighted by molar-refractivity contribution is -0.204. The SMILES string of the molecule is O=C1OC[C@@H](OCc2ccccc2)[C@@H](OCc2ccccc2)[C@H](OCc2ccccc2)[C@H](OCc2ccccc2)COC/C=C/c2ccccc21. The number of hydrogen-bond acceptors (Lipinski definition) is 7. The lowest BCUT2D eigenvalue weighted by atomic mass is 10.0. The molecule has 0 fully saturated rings. The molecule has 5 aromatic carbocycles. The molecule has 0 radical (unpaired) electrons. The summed E-state index contributed by atoms with van der Waals surface area (Å²) in [6, 6.07) is 47.2. The molecule has 0 unspecified atom stereocenters. The Morgan fingerprint density at radius 3 is 1.39 bits per heavy atom. The molecule has 0 N–H and O–H groups in total. The minimum Gasteiger partial charge on any atom is -0.459 e. The number of cyclic esters (lactones) is 1. The summed E-state index contributed by atoms with van der Waals surface area (Å²) >= 11 is 0. The second kappa shape index (κ2) is 19.5. The third-order valence-electron chi connectivity index (χ3n) is 8.59. The highest BCUT2D eigenvalue weighted by molar-refractivity contribution is 5.93. The first kappa shape index (κ1) is 35.9. The number of rotatable bonds is 12. The maximum absolute atomic E-state index is 13.7. The summed E-state index contributed by atoms with van der Waals surface area (Å²) in [6.45, 7) is 1.59. The molecule has 6 rings (SSSR count). The summed E-state index contributed by atoms with van der Waals surface area (Å²) in [5, 5.41) is 0. The van der Waals surface area contributed by atoms with Gasteiger partial charge in [-0.25, -0.2) is 4.79 Å². The number of esters is 1. The molecule has 4 atom stereocenters. The summed E-state index contributed by atoms with van der Waals surface area (Å²) in [5.41, 5.74) is 5.16. The highest BCUT2D eigenvalue weighted by Gasteiger charge is 2.39. The second-order valence-corrected chi connectivity index (χ2v) is 12.3. The van der Waals surface area contributed by atoms with Crippen molar-refractivity contribution >= 4 is 12.0 Å². The molecule has 7 heteroatoms. The number of carbonyl (C=O) groups is 1. The largest absolute Gasteiger partial charge is 0.459 e. The number of hydrogen-bond donors (Lipinski definition) is 0. The zero-order valence-electron chi connectivity index (χ0n) is 28.6. The fraction of sp³-hybridized carbons (Fsp3) is 0.250. The summed E-state index contributed by atoms with van der Waals surface area (Å²) in [5.74, 6) is -0.457. The minimum absolute atomic E-state index is 0.0827. The molecular weight excluding hydrogens is 640 g/mol. The van der Waals surface area contributed by atoms with Crippen LogP contribution in [-0.2, 0) is 54.8 Å². The third-order valence-corrected chi connectivity index (χ3v) is 8.59. The fourth-order valence-electron chi connectivity index (χ4n) is 5.88. The molecule has 7 nitrogen and oxygen atoms in total. The van der Waals surface area contributed by atoms with Crippen molar-refractivity contribution in [3.63, 3.8) is 0 Å². The van der Waals surface area contributed by atoms with Gasteiger partial charge in [-0.2, -0.15) is 0 Å². The summed E-state index contributed by atoms with van der Waals surface area (Å²) < 4.78 is 39.3. The smallest absolute Gasteiger partial charge is 0.338 e. The van der Waals surface area contributed by atoms with Crippen molar-refractivity contribution in [2.75, 3.05) is 19.8 Å². The maximum Gasteiger partial charge on any atom is 0.338 e. The standard InChI is InChI=1S/C44H44O7/c45-44-39-26-14-13-24-38(39)25-15-27-46-32-40(47-28-34-16-5-1-6-17-34)42(49-30-36-20-9-3-10-21-36)43(50-31-37-22-11-4-12-23-37)41(33-51-44)48-29-35-18-7-2-8-19-35/h1-26,40-43H,27-33H2/b25-15+/t40-,41-,42-,43-/m1/s1. The van der Waals surface area contributed by atoms with Gasteiger partial charge in [-0.3, -0.25) is 0 Å². The Labute approximate surface area is 300 Å². The summed E-state index contributed by atoms with van der Waals surface area (Å²) in [6.07, 6.45) is 0.991. The molecule has 0 amide bonds. The molecule has 0 bridgehead atoms. The Bertz CT molecular complexity index is 1760. The molecule has 1 aliphatic rings. The zero-order chi connectivity index (χ0) is 34.9. The van der Waals surface area contributed by atoms with Gasteiger partial charge in [0, 0.05) is 0 Å². The molecule has 5 aromatic rings. The van der Waals surface area contributed by atoms with E-state index >= 15 is 0 Å². The van der Waals surface area contributed by atoms with E-state index in [4.69, 9.17) is 28.4 Å². The predicted molar refractivity (Wildman–Crippen MR) is 197 cm³/mol. The van der Waals surface area contributed by atoms with Crippen molar-refractivity contribution in [2.45, 2.75) is 50.8 Å². The molecule has 0 aliphatic carbocycles. The van der Waals surface area contributed by atoms with Crippen molar-refractivity contribution in [1.82, 2.24) is 0 Å². The van der Waals surface area contributed by atoms with E-state index in [9.17, 15) is 4.79 Å². The van der Waals surface area contributed by atoms with Crippen molar-refractivity contribution in [1.29, 1.82) is 0 Å². The molecule has 0 spiro atoms. The first-order valence-corrected chi connectivity index (χ1v) is 17.4. The Balaban J connectivity index is 1.39. The molecule has 0 saturated heterocycles. The van der Waals surface area contributed by atoms with Gasteiger partial charge >= 0.3 is 5.97 Å². The predicted octanol–water partition coefficient (Wildman–Crippen LogP) is 8.23. The first-order chi connectivity index (χ1) is 25.2. The first-order valence-electron chi connectivity index (χ1n) is 17.4. The number of ether oxygens (including phenoxy) is 6. The van der Waals surface area contributed by atoms with E-state index in [1.54, 1.807) is 6.07 Å². The van der Waals surface area contributed by atoms with Gasteiger partial charge in [0.2, 0.25) is 0 Å². The van der Waals surface area contributed by atoms with E-state index in [1.807, 2.05) is 152 Å². The van der Waals surface area contributed by atoms with Crippen LogP contribution in [0.5, 0.6) is 0 Å². The van der Waals surface area contributed by atoms with E-state index in [-0.39, 0.29) is 26.4 Å². The maximum atomic E-state index is 13.7. The van der Waals surface area contributed by atoms with Crippen LogP contribution < -0.4 is 0 Å². The Hall–Kier alpha value is -4.89. The van der Waals surface area contributed by atoms with Crippen LogP contribution in [0.25, 0.3) is 6.08 Å². The van der Waals surface area contributed by atoms with Crippen molar-refractivity contribution in [3.8, 4) is 0 Å². The van der Waals surface area contributed by atoms with Gasteiger partial charge in [-0.05, 0) is 33.9 Å². The lowest BCUT2D eigenvalue weighted by Gasteiger charge is -2.37. The molecule has 262 valence electrons. The average Bonchev–Trinajstić information content (AvgIpc) is 3.19. The van der Waals surface area contributed by atoms with E-state index in [0.29, 0.717) is 25.4 Å². The Kier molecular flexibility index (Phi) is 13.7. The van der Waals surface area contributed by atoms with Crippen LogP contribution in [0.3, 0.4) is 0 Å². The van der Waals surface area contributed by atoms with E-state index in [2.05, 4.69) is 0 Å². The zero-order valence-corrected chi connectivity index (χ0v) is 28.6. The topological polar surface area (TPSA) is 72.5 Å². The van der Waals surface area contributed by atoms with Crippen LogP contribution in [0.4, 0.5) is 0 Å². The van der Waals surface area contributed by atoms with Crippen LogP contribution in [0.2, 0.25) is 0 Å². The molecule has 1 heterocycles. The van der Waals surface area contributed by atoms with Gasteiger partial charge in [0.25, 0.3) is 0 Å². The van der Waals surface area contributed by atoms with Crippen LogP contribution in [0.15, 0.2) is 152 Å². The van der Waals surface area contributed by atoms with Crippen molar-refractivity contribution < 1.29 is 33.2 Å². The monoisotopic (exact) mass is 684 g/mol. The Morgan fingerprint density at radius 1 is 0.490 bits per heavy atom. The average molecular weight is 685 g/mol. The van der Waals surface area contributed by atoms with Gasteiger partial charge in [-0.1, -0.05) is 152 Å². The van der Waals surface area contributed by atoms with Crippen molar-refractivity contribution in [3.05, 3.63) is 185 Å². The number of fused-ring (bicyclic) bond motifs is 1. The lowest BCUT2D eigenvalue weighted by Crippen LogP contribution is -2.52. The van der Waals surface area contributed by atoms with Crippen LogP contribution in [0.1, 0.15) is 38.2 Å². The fourth-order valence-corrected chi connectivity index (χ4v) is 5.88. The number of benzene rings is 5.